The summed E-state index contributed by atoms with van der Waals surface area (Å²) >= 11 is 1.44. The Morgan fingerprint density at radius 3 is 2.64 bits per heavy atom. The Labute approximate surface area is 152 Å². The molecule has 0 fully saturated rings. The van der Waals surface area contributed by atoms with E-state index in [9.17, 15) is 4.79 Å². The SMILES string of the molecule is CC[C@@H](C)NC(=O)CSCc1nc(N)nc(Nc2ccc(C)cc2)n1. The number of carbonyl (C=O) groups is 1. The molecule has 0 radical (unpaired) electrons. The lowest BCUT2D eigenvalue weighted by atomic mass is 10.2. The molecule has 1 amide bonds. The molecule has 1 aromatic heterocycles. The summed E-state index contributed by atoms with van der Waals surface area (Å²) in [6, 6.07) is 8.08. The van der Waals surface area contributed by atoms with Crippen molar-refractivity contribution in [3.8, 4) is 0 Å². The van der Waals surface area contributed by atoms with Crippen LogP contribution in [0.15, 0.2) is 24.3 Å². The van der Waals surface area contributed by atoms with Gasteiger partial charge in [0, 0.05) is 11.7 Å². The Morgan fingerprint density at radius 2 is 1.96 bits per heavy atom. The lowest BCUT2D eigenvalue weighted by molar-refractivity contribution is -0.119. The van der Waals surface area contributed by atoms with Gasteiger partial charge in [-0.2, -0.15) is 15.0 Å². The van der Waals surface area contributed by atoms with Crippen LogP contribution in [0.5, 0.6) is 0 Å². The van der Waals surface area contributed by atoms with E-state index >= 15 is 0 Å². The molecule has 2 rings (SSSR count). The van der Waals surface area contributed by atoms with Crippen LogP contribution in [-0.4, -0.2) is 32.7 Å². The Morgan fingerprint density at radius 1 is 1.24 bits per heavy atom. The highest BCUT2D eigenvalue weighted by molar-refractivity contribution is 7.99. The number of nitrogens with two attached hydrogens (primary N) is 1. The first-order valence-electron chi connectivity index (χ1n) is 8.17. The van der Waals surface area contributed by atoms with Gasteiger partial charge >= 0.3 is 0 Å². The number of nitrogens with one attached hydrogen (secondary N) is 2. The number of benzene rings is 1. The maximum absolute atomic E-state index is 11.8. The van der Waals surface area contributed by atoms with E-state index < -0.39 is 0 Å². The van der Waals surface area contributed by atoms with Crippen LogP contribution < -0.4 is 16.4 Å². The molecule has 0 saturated carbocycles. The van der Waals surface area contributed by atoms with Gasteiger partial charge in [-0.15, -0.1) is 11.8 Å². The maximum Gasteiger partial charge on any atom is 0.232 e. The molecule has 1 atom stereocenters. The first kappa shape index (κ1) is 19.0. The third kappa shape index (κ3) is 6.58. The number of anilines is 3. The fraction of sp³-hybridized carbons (Fsp3) is 0.412. The maximum atomic E-state index is 11.8. The van der Waals surface area contributed by atoms with E-state index in [0.717, 1.165) is 12.1 Å². The molecule has 8 heteroatoms. The number of aryl methyl sites for hydroxylation is 1. The smallest absolute Gasteiger partial charge is 0.232 e. The molecule has 1 heterocycles. The van der Waals surface area contributed by atoms with Gasteiger partial charge in [-0.1, -0.05) is 24.6 Å². The molecule has 0 unspecified atom stereocenters. The number of thioether (sulfide) groups is 1. The fourth-order valence-electron chi connectivity index (χ4n) is 1.98. The second kappa shape index (κ2) is 9.22. The second-order valence-corrected chi connectivity index (χ2v) is 6.78. The van der Waals surface area contributed by atoms with Gasteiger partial charge in [0.1, 0.15) is 5.82 Å². The number of aromatic nitrogens is 3. The highest BCUT2D eigenvalue weighted by atomic mass is 32.2. The lowest BCUT2D eigenvalue weighted by Crippen LogP contribution is -2.33. The van der Waals surface area contributed by atoms with Crippen molar-refractivity contribution >= 4 is 35.3 Å². The van der Waals surface area contributed by atoms with Crippen molar-refractivity contribution in [3.05, 3.63) is 35.7 Å². The molecular formula is C17H24N6OS. The number of carbonyl (C=O) groups excluding carboxylic acids is 1. The normalized spacial score (nSPS) is 11.8. The lowest BCUT2D eigenvalue weighted by Gasteiger charge is -2.11. The molecule has 2 aromatic rings. The minimum absolute atomic E-state index is 0.0133. The molecular weight excluding hydrogens is 336 g/mol. The van der Waals surface area contributed by atoms with Crippen molar-refractivity contribution in [2.24, 2.45) is 0 Å². The van der Waals surface area contributed by atoms with Crippen LogP contribution in [0.1, 0.15) is 31.7 Å². The number of rotatable bonds is 8. The monoisotopic (exact) mass is 360 g/mol. The van der Waals surface area contributed by atoms with E-state index in [4.69, 9.17) is 5.73 Å². The highest BCUT2D eigenvalue weighted by Gasteiger charge is 2.08. The number of hydrogen-bond donors (Lipinski definition) is 3. The first-order valence-corrected chi connectivity index (χ1v) is 9.33. The Kier molecular flexibility index (Phi) is 7.00. The van der Waals surface area contributed by atoms with Crippen molar-refractivity contribution in [3.63, 3.8) is 0 Å². The predicted octanol–water partition coefficient (Wildman–Crippen LogP) is 2.65. The Hall–Kier alpha value is -2.35. The van der Waals surface area contributed by atoms with Crippen LogP contribution in [0.25, 0.3) is 0 Å². The standard InChI is InChI=1S/C17H24N6OS/c1-4-12(3)19-15(24)10-25-9-14-21-16(18)23-17(22-14)20-13-7-5-11(2)6-8-13/h5-8,12H,4,9-10H2,1-3H3,(H,19,24)(H3,18,20,21,22,23)/t12-/m1/s1. The van der Waals surface area contributed by atoms with E-state index in [-0.39, 0.29) is 17.9 Å². The minimum Gasteiger partial charge on any atom is -0.368 e. The molecule has 7 nitrogen and oxygen atoms in total. The molecule has 4 N–H and O–H groups in total. The summed E-state index contributed by atoms with van der Waals surface area (Å²) in [5.74, 6) is 1.96. The third-order valence-electron chi connectivity index (χ3n) is 3.49. The first-order chi connectivity index (χ1) is 12.0. The van der Waals surface area contributed by atoms with Gasteiger partial charge < -0.3 is 16.4 Å². The predicted molar refractivity (Wildman–Crippen MR) is 103 cm³/mol. The van der Waals surface area contributed by atoms with E-state index in [0.29, 0.717) is 23.3 Å². The van der Waals surface area contributed by atoms with Gasteiger partial charge in [-0.05, 0) is 32.4 Å². The van der Waals surface area contributed by atoms with E-state index in [2.05, 4.69) is 25.6 Å². The van der Waals surface area contributed by atoms with Crippen molar-refractivity contribution in [1.29, 1.82) is 0 Å². The van der Waals surface area contributed by atoms with Crippen molar-refractivity contribution in [2.45, 2.75) is 39.0 Å². The molecule has 0 aliphatic carbocycles. The number of nitrogen functional groups attached to an aromatic ring is 1. The molecule has 0 aliphatic heterocycles. The van der Waals surface area contributed by atoms with E-state index in [1.54, 1.807) is 0 Å². The largest absolute Gasteiger partial charge is 0.368 e. The van der Waals surface area contributed by atoms with Gasteiger partial charge in [0.05, 0.1) is 11.5 Å². The topological polar surface area (TPSA) is 106 Å². The van der Waals surface area contributed by atoms with Gasteiger partial charge in [0.25, 0.3) is 0 Å². The zero-order valence-electron chi connectivity index (χ0n) is 14.7. The van der Waals surface area contributed by atoms with Gasteiger partial charge in [-0.25, -0.2) is 0 Å². The number of hydrogen-bond acceptors (Lipinski definition) is 7. The number of nitrogens with zero attached hydrogens (tertiary/aromatic N) is 3. The molecule has 0 aliphatic rings. The van der Waals surface area contributed by atoms with Gasteiger partial charge in [0.15, 0.2) is 0 Å². The molecule has 1 aromatic carbocycles. The van der Waals surface area contributed by atoms with Gasteiger partial charge in [0.2, 0.25) is 17.8 Å². The Balaban J connectivity index is 1.92. The summed E-state index contributed by atoms with van der Waals surface area (Å²) in [4.78, 5) is 24.4. The summed E-state index contributed by atoms with van der Waals surface area (Å²) < 4.78 is 0. The fourth-order valence-corrected chi connectivity index (χ4v) is 2.66. The average molecular weight is 360 g/mol. The molecule has 25 heavy (non-hydrogen) atoms. The van der Waals surface area contributed by atoms with Crippen molar-refractivity contribution in [1.82, 2.24) is 20.3 Å². The van der Waals surface area contributed by atoms with Crippen LogP contribution in [0, 0.1) is 6.92 Å². The Bertz CT molecular complexity index is 707. The number of amides is 1. The minimum atomic E-state index is 0.0133. The summed E-state index contributed by atoms with van der Waals surface area (Å²) in [6.45, 7) is 6.05. The van der Waals surface area contributed by atoms with Crippen LogP contribution in [0.3, 0.4) is 0 Å². The second-order valence-electron chi connectivity index (χ2n) is 5.79. The molecule has 0 saturated heterocycles. The van der Waals surface area contributed by atoms with Crippen molar-refractivity contribution in [2.75, 3.05) is 16.8 Å². The molecule has 134 valence electrons. The quantitative estimate of drug-likeness (QED) is 0.664. The highest BCUT2D eigenvalue weighted by Crippen LogP contribution is 2.16. The zero-order valence-corrected chi connectivity index (χ0v) is 15.6. The third-order valence-corrected chi connectivity index (χ3v) is 4.42. The zero-order chi connectivity index (χ0) is 18.2. The molecule has 0 bridgehead atoms. The summed E-state index contributed by atoms with van der Waals surface area (Å²) in [5, 5.41) is 6.04. The summed E-state index contributed by atoms with van der Waals surface area (Å²) in [6.07, 6.45) is 0.911. The molecule has 0 spiro atoms. The van der Waals surface area contributed by atoms with Crippen molar-refractivity contribution < 1.29 is 4.79 Å². The van der Waals surface area contributed by atoms with E-state index in [1.807, 2.05) is 45.0 Å². The average Bonchev–Trinajstić information content (AvgIpc) is 2.56. The summed E-state index contributed by atoms with van der Waals surface area (Å²) in [5.41, 5.74) is 7.81. The van der Waals surface area contributed by atoms with Crippen LogP contribution in [-0.2, 0) is 10.5 Å². The summed E-state index contributed by atoms with van der Waals surface area (Å²) in [7, 11) is 0. The van der Waals surface area contributed by atoms with Crippen LogP contribution >= 0.6 is 11.8 Å². The van der Waals surface area contributed by atoms with E-state index in [1.165, 1.54) is 17.3 Å². The van der Waals surface area contributed by atoms with Crippen LogP contribution in [0.2, 0.25) is 0 Å². The van der Waals surface area contributed by atoms with Gasteiger partial charge in [-0.3, -0.25) is 4.79 Å². The van der Waals surface area contributed by atoms with Crippen LogP contribution in [0.4, 0.5) is 17.6 Å².